The molecule has 1 N–H and O–H groups in total. The van der Waals surface area contributed by atoms with Gasteiger partial charge in [-0.2, -0.15) is 5.10 Å². The van der Waals surface area contributed by atoms with E-state index in [1.807, 2.05) is 0 Å². The molecule has 0 fully saturated rings. The third-order valence-corrected chi connectivity index (χ3v) is 3.51. The van der Waals surface area contributed by atoms with Gasteiger partial charge < -0.3 is 10.2 Å². The van der Waals surface area contributed by atoms with Gasteiger partial charge in [-0.25, -0.2) is 0 Å². The Morgan fingerprint density at radius 1 is 1.26 bits per heavy atom. The van der Waals surface area contributed by atoms with E-state index in [-0.39, 0.29) is 0 Å². The first-order valence-corrected chi connectivity index (χ1v) is 7.52. The molecule has 1 aromatic rings. The Hall–Kier alpha value is -0.870. The van der Waals surface area contributed by atoms with Crippen LogP contribution in [0, 0.1) is 0 Å². The van der Waals surface area contributed by atoms with Crippen molar-refractivity contribution in [3.05, 3.63) is 18.0 Å². The number of aromatic nitrogens is 2. The van der Waals surface area contributed by atoms with Crippen molar-refractivity contribution in [3.63, 3.8) is 0 Å². The van der Waals surface area contributed by atoms with Gasteiger partial charge >= 0.3 is 0 Å². The lowest BCUT2D eigenvalue weighted by atomic mass is 10.1. The summed E-state index contributed by atoms with van der Waals surface area (Å²) >= 11 is 0. The zero-order valence-electron chi connectivity index (χ0n) is 13.2. The van der Waals surface area contributed by atoms with E-state index < -0.39 is 0 Å². The quantitative estimate of drug-likeness (QED) is 0.744. The van der Waals surface area contributed by atoms with Gasteiger partial charge in [-0.05, 0) is 39.5 Å². The summed E-state index contributed by atoms with van der Waals surface area (Å²) in [6.07, 6.45) is 5.42. The maximum atomic E-state index is 4.74. The molecule has 0 radical (unpaired) electrons. The molecule has 1 aromatic heterocycles. The molecule has 0 aliphatic rings. The molecule has 4 nitrogen and oxygen atoms in total. The van der Waals surface area contributed by atoms with E-state index in [4.69, 9.17) is 5.10 Å². The standard InChI is InChI=1S/C15H30N4/c1-6-15(7-2)19-10-9-13(17-19)11-14(16-8-3)12-18(4)5/h9-10,14-16H,6-8,11-12H2,1-5H3. The lowest BCUT2D eigenvalue weighted by molar-refractivity contribution is 0.336. The van der Waals surface area contributed by atoms with Crippen LogP contribution in [0.3, 0.4) is 0 Å². The number of rotatable bonds is 9. The van der Waals surface area contributed by atoms with Gasteiger partial charge in [0.25, 0.3) is 0 Å². The first kappa shape index (κ1) is 16.2. The van der Waals surface area contributed by atoms with E-state index in [0.29, 0.717) is 12.1 Å². The molecule has 0 aliphatic carbocycles. The Morgan fingerprint density at radius 3 is 2.47 bits per heavy atom. The summed E-state index contributed by atoms with van der Waals surface area (Å²) < 4.78 is 2.13. The van der Waals surface area contributed by atoms with E-state index in [2.05, 4.69) is 62.0 Å². The molecule has 0 aromatic carbocycles. The highest BCUT2D eigenvalue weighted by molar-refractivity contribution is 5.02. The molecule has 0 saturated heterocycles. The molecule has 110 valence electrons. The van der Waals surface area contributed by atoms with Gasteiger partial charge in [-0.3, -0.25) is 4.68 Å². The normalized spacial score (nSPS) is 13.4. The van der Waals surface area contributed by atoms with Crippen LogP contribution in [-0.4, -0.2) is 47.9 Å². The van der Waals surface area contributed by atoms with Crippen LogP contribution in [0.15, 0.2) is 12.3 Å². The Balaban J connectivity index is 2.64. The van der Waals surface area contributed by atoms with Gasteiger partial charge in [0, 0.05) is 25.2 Å². The predicted molar refractivity (Wildman–Crippen MR) is 81.6 cm³/mol. The van der Waals surface area contributed by atoms with Crippen molar-refractivity contribution in [1.29, 1.82) is 0 Å². The average molecular weight is 266 g/mol. The smallest absolute Gasteiger partial charge is 0.0640 e. The summed E-state index contributed by atoms with van der Waals surface area (Å²) in [4.78, 5) is 2.23. The highest BCUT2D eigenvalue weighted by Crippen LogP contribution is 2.15. The van der Waals surface area contributed by atoms with Crippen molar-refractivity contribution in [3.8, 4) is 0 Å². The highest BCUT2D eigenvalue weighted by Gasteiger charge is 2.13. The molecule has 0 bridgehead atoms. The molecule has 1 atom stereocenters. The van der Waals surface area contributed by atoms with Crippen molar-refractivity contribution in [2.75, 3.05) is 27.2 Å². The minimum absolute atomic E-state index is 0.477. The van der Waals surface area contributed by atoms with Gasteiger partial charge in [0.15, 0.2) is 0 Å². The zero-order valence-corrected chi connectivity index (χ0v) is 13.2. The Morgan fingerprint density at radius 2 is 1.95 bits per heavy atom. The number of hydrogen-bond donors (Lipinski definition) is 1. The molecule has 4 heteroatoms. The lowest BCUT2D eigenvalue weighted by Gasteiger charge is -2.21. The van der Waals surface area contributed by atoms with Gasteiger partial charge in [-0.1, -0.05) is 20.8 Å². The van der Waals surface area contributed by atoms with Crippen LogP contribution in [0.5, 0.6) is 0 Å². The van der Waals surface area contributed by atoms with Crippen molar-refractivity contribution in [2.45, 2.75) is 52.1 Å². The Kier molecular flexibility index (Phi) is 7.10. The molecule has 0 amide bonds. The molecule has 0 saturated carbocycles. The van der Waals surface area contributed by atoms with Crippen molar-refractivity contribution >= 4 is 0 Å². The fourth-order valence-electron chi connectivity index (χ4n) is 2.54. The summed E-state index contributed by atoms with van der Waals surface area (Å²) in [7, 11) is 4.24. The molecule has 0 aliphatic heterocycles. The number of nitrogens with one attached hydrogen (secondary N) is 1. The first-order chi connectivity index (χ1) is 9.10. The van der Waals surface area contributed by atoms with Gasteiger partial charge in [0.1, 0.15) is 0 Å². The monoisotopic (exact) mass is 266 g/mol. The fourth-order valence-corrected chi connectivity index (χ4v) is 2.54. The minimum Gasteiger partial charge on any atom is -0.313 e. The summed E-state index contributed by atoms with van der Waals surface area (Å²) in [6.45, 7) is 8.66. The van der Waals surface area contributed by atoms with Gasteiger partial charge in [0.05, 0.1) is 11.7 Å². The average Bonchev–Trinajstić information content (AvgIpc) is 2.78. The summed E-state index contributed by atoms with van der Waals surface area (Å²) in [5, 5.41) is 8.28. The van der Waals surface area contributed by atoms with Crippen LogP contribution >= 0.6 is 0 Å². The molecule has 1 heterocycles. The Bertz CT molecular complexity index is 342. The maximum Gasteiger partial charge on any atom is 0.0640 e. The van der Waals surface area contributed by atoms with E-state index in [9.17, 15) is 0 Å². The summed E-state index contributed by atoms with van der Waals surface area (Å²) in [5.41, 5.74) is 1.19. The number of nitrogens with zero attached hydrogens (tertiary/aromatic N) is 3. The maximum absolute atomic E-state index is 4.74. The topological polar surface area (TPSA) is 33.1 Å². The Labute approximate surface area is 118 Å². The van der Waals surface area contributed by atoms with Gasteiger partial charge in [0.2, 0.25) is 0 Å². The van der Waals surface area contributed by atoms with E-state index in [0.717, 1.165) is 32.4 Å². The molecule has 1 unspecified atom stereocenters. The highest BCUT2D eigenvalue weighted by atomic mass is 15.3. The van der Waals surface area contributed by atoms with Crippen LogP contribution < -0.4 is 5.32 Å². The van der Waals surface area contributed by atoms with E-state index >= 15 is 0 Å². The van der Waals surface area contributed by atoms with Crippen LogP contribution in [-0.2, 0) is 6.42 Å². The molecular weight excluding hydrogens is 236 g/mol. The number of hydrogen-bond acceptors (Lipinski definition) is 3. The molecular formula is C15H30N4. The lowest BCUT2D eigenvalue weighted by Crippen LogP contribution is -2.39. The van der Waals surface area contributed by atoms with Crippen LogP contribution in [0.2, 0.25) is 0 Å². The second-order valence-electron chi connectivity index (χ2n) is 5.48. The SMILES string of the molecule is CCNC(Cc1ccn(C(CC)CC)n1)CN(C)C. The fraction of sp³-hybridized carbons (Fsp3) is 0.800. The number of likely N-dealkylation sites (N-methyl/N-ethyl adjacent to an activating group) is 2. The third kappa shape index (κ3) is 5.33. The van der Waals surface area contributed by atoms with Crippen LogP contribution in [0.1, 0.15) is 45.3 Å². The van der Waals surface area contributed by atoms with E-state index in [1.165, 1.54) is 5.69 Å². The predicted octanol–water partition coefficient (Wildman–Crippen LogP) is 2.33. The zero-order chi connectivity index (χ0) is 14.3. The molecule has 19 heavy (non-hydrogen) atoms. The van der Waals surface area contributed by atoms with Crippen LogP contribution in [0.4, 0.5) is 0 Å². The first-order valence-electron chi connectivity index (χ1n) is 7.52. The van der Waals surface area contributed by atoms with Crippen LogP contribution in [0.25, 0.3) is 0 Å². The third-order valence-electron chi connectivity index (χ3n) is 3.51. The van der Waals surface area contributed by atoms with Crippen molar-refractivity contribution in [1.82, 2.24) is 20.0 Å². The molecule has 0 spiro atoms. The summed E-state index contributed by atoms with van der Waals surface area (Å²) in [5.74, 6) is 0. The largest absolute Gasteiger partial charge is 0.313 e. The minimum atomic E-state index is 0.477. The van der Waals surface area contributed by atoms with Crippen molar-refractivity contribution < 1.29 is 0 Å². The van der Waals surface area contributed by atoms with Crippen molar-refractivity contribution in [2.24, 2.45) is 0 Å². The second kappa shape index (κ2) is 8.33. The molecule has 1 rings (SSSR count). The van der Waals surface area contributed by atoms with Gasteiger partial charge in [-0.15, -0.1) is 0 Å². The second-order valence-corrected chi connectivity index (χ2v) is 5.48. The van der Waals surface area contributed by atoms with E-state index in [1.54, 1.807) is 0 Å². The summed E-state index contributed by atoms with van der Waals surface area (Å²) in [6, 6.07) is 3.18.